The van der Waals surface area contributed by atoms with Gasteiger partial charge in [0, 0.05) is 27.7 Å². The summed E-state index contributed by atoms with van der Waals surface area (Å²) in [6.07, 6.45) is 0. The average molecular weight is 372 g/mol. The average Bonchev–Trinajstić information content (AvgIpc) is 2.45. The van der Waals surface area contributed by atoms with Gasteiger partial charge in [0.25, 0.3) is 5.69 Å². The van der Waals surface area contributed by atoms with Gasteiger partial charge in [0.1, 0.15) is 12.4 Å². The minimum Gasteiger partial charge on any atom is -0.488 e. The fraction of sp³-hybridized carbons (Fsp3) is 0.143. The van der Waals surface area contributed by atoms with E-state index in [4.69, 9.17) is 22.1 Å². The molecule has 0 amide bonds. The van der Waals surface area contributed by atoms with Crippen molar-refractivity contribution in [1.82, 2.24) is 0 Å². The van der Waals surface area contributed by atoms with Crippen LogP contribution in [0.1, 0.15) is 11.1 Å². The molecule has 2 rings (SSSR count). The Morgan fingerprint density at radius 3 is 2.67 bits per heavy atom. The Balaban J connectivity index is 2.24. The smallest absolute Gasteiger partial charge is 0.276 e. The normalized spacial score (nSPS) is 10.4. The maximum Gasteiger partial charge on any atom is 0.276 e. The van der Waals surface area contributed by atoms with Crippen LogP contribution in [-0.2, 0) is 13.2 Å². The summed E-state index contributed by atoms with van der Waals surface area (Å²) in [5.74, 6) is 0.593. The molecule has 0 aliphatic heterocycles. The van der Waals surface area contributed by atoms with Crippen molar-refractivity contribution in [3.63, 3.8) is 0 Å². The van der Waals surface area contributed by atoms with Gasteiger partial charge in [0.05, 0.1) is 10.5 Å². The van der Waals surface area contributed by atoms with Crippen LogP contribution in [0.15, 0.2) is 40.9 Å². The molecule has 21 heavy (non-hydrogen) atoms. The van der Waals surface area contributed by atoms with Gasteiger partial charge in [0.2, 0.25) is 0 Å². The number of halogens is 2. The summed E-state index contributed by atoms with van der Waals surface area (Å²) in [4.78, 5) is 10.5. The van der Waals surface area contributed by atoms with Crippen LogP contribution < -0.4 is 10.5 Å². The molecule has 0 aliphatic rings. The second kappa shape index (κ2) is 6.89. The lowest BCUT2D eigenvalue weighted by Gasteiger charge is -2.11. The van der Waals surface area contributed by atoms with Crippen LogP contribution >= 0.6 is 27.5 Å². The number of hydrogen-bond acceptors (Lipinski definition) is 4. The minimum absolute atomic E-state index is 0.0224. The quantitative estimate of drug-likeness (QED) is 0.635. The standard InChI is InChI=1S/C14H12BrClN2O3/c15-11-1-4-14(9(5-11)7-17)21-8-10-6-12(16)2-3-13(10)18(19)20/h1-6H,7-8,17H2. The highest BCUT2D eigenvalue weighted by Gasteiger charge is 2.15. The predicted octanol–water partition coefficient (Wildman–Crippen LogP) is 4.05. The van der Waals surface area contributed by atoms with E-state index in [9.17, 15) is 10.1 Å². The molecule has 7 heteroatoms. The zero-order valence-electron chi connectivity index (χ0n) is 10.9. The van der Waals surface area contributed by atoms with E-state index in [-0.39, 0.29) is 12.3 Å². The van der Waals surface area contributed by atoms with Gasteiger partial charge in [-0.2, -0.15) is 0 Å². The number of hydrogen-bond donors (Lipinski definition) is 1. The zero-order valence-corrected chi connectivity index (χ0v) is 13.2. The van der Waals surface area contributed by atoms with Gasteiger partial charge in [-0.3, -0.25) is 10.1 Å². The molecule has 110 valence electrons. The molecule has 0 atom stereocenters. The van der Waals surface area contributed by atoms with Crippen molar-refractivity contribution in [2.45, 2.75) is 13.2 Å². The molecular weight excluding hydrogens is 360 g/mol. The van der Waals surface area contributed by atoms with Crippen LogP contribution in [0.3, 0.4) is 0 Å². The third-order valence-electron chi connectivity index (χ3n) is 2.86. The first-order chi connectivity index (χ1) is 10.0. The first kappa shape index (κ1) is 15.8. The Bertz CT molecular complexity index is 679. The van der Waals surface area contributed by atoms with Crippen molar-refractivity contribution in [2.75, 3.05) is 0 Å². The summed E-state index contributed by atoms with van der Waals surface area (Å²) >= 11 is 9.23. The fourth-order valence-corrected chi connectivity index (χ4v) is 2.45. The summed E-state index contributed by atoms with van der Waals surface area (Å²) in [6, 6.07) is 9.81. The van der Waals surface area contributed by atoms with Crippen molar-refractivity contribution >= 4 is 33.2 Å². The van der Waals surface area contributed by atoms with Crippen LogP contribution in [0.25, 0.3) is 0 Å². The Hall–Kier alpha value is -1.63. The monoisotopic (exact) mass is 370 g/mol. The number of nitrogens with two attached hydrogens (primary N) is 1. The Morgan fingerprint density at radius 1 is 1.24 bits per heavy atom. The lowest BCUT2D eigenvalue weighted by atomic mass is 10.2. The van der Waals surface area contributed by atoms with Crippen molar-refractivity contribution in [2.24, 2.45) is 5.73 Å². The first-order valence-corrected chi connectivity index (χ1v) is 7.22. The number of nitro benzene ring substituents is 1. The minimum atomic E-state index is -0.458. The number of rotatable bonds is 5. The highest BCUT2D eigenvalue weighted by atomic mass is 79.9. The van der Waals surface area contributed by atoms with E-state index < -0.39 is 4.92 Å². The van der Waals surface area contributed by atoms with Crippen LogP contribution in [0, 0.1) is 10.1 Å². The molecule has 0 fully saturated rings. The van der Waals surface area contributed by atoms with E-state index in [0.29, 0.717) is 22.9 Å². The lowest BCUT2D eigenvalue weighted by Crippen LogP contribution is -2.04. The summed E-state index contributed by atoms with van der Waals surface area (Å²) in [6.45, 7) is 0.359. The molecule has 2 aromatic rings. The molecule has 0 bridgehead atoms. The third-order valence-corrected chi connectivity index (χ3v) is 3.59. The zero-order chi connectivity index (χ0) is 15.4. The van der Waals surface area contributed by atoms with Crippen LogP contribution in [-0.4, -0.2) is 4.92 Å². The number of benzene rings is 2. The molecule has 0 saturated carbocycles. The fourth-order valence-electron chi connectivity index (χ4n) is 1.85. The molecule has 2 N–H and O–H groups in total. The van der Waals surface area contributed by atoms with Crippen LogP contribution in [0.4, 0.5) is 5.69 Å². The second-order valence-corrected chi connectivity index (χ2v) is 5.63. The van der Waals surface area contributed by atoms with Crippen molar-refractivity contribution < 1.29 is 9.66 Å². The molecule has 0 heterocycles. The summed E-state index contributed by atoms with van der Waals surface area (Å²) in [5.41, 5.74) is 6.87. The molecule has 0 aliphatic carbocycles. The highest BCUT2D eigenvalue weighted by Crippen LogP contribution is 2.27. The molecule has 2 aromatic carbocycles. The summed E-state index contributed by atoms with van der Waals surface area (Å²) in [5, 5.41) is 11.4. The number of nitrogens with zero attached hydrogens (tertiary/aromatic N) is 1. The van der Waals surface area contributed by atoms with Crippen molar-refractivity contribution in [3.05, 3.63) is 67.1 Å². The Kier molecular flexibility index (Phi) is 5.17. The maximum atomic E-state index is 11.0. The lowest BCUT2D eigenvalue weighted by molar-refractivity contribution is -0.385. The van der Waals surface area contributed by atoms with E-state index in [1.165, 1.54) is 18.2 Å². The van der Waals surface area contributed by atoms with Gasteiger partial charge in [-0.15, -0.1) is 0 Å². The molecule has 5 nitrogen and oxygen atoms in total. The molecule has 0 aromatic heterocycles. The van der Waals surface area contributed by atoms with Gasteiger partial charge >= 0.3 is 0 Å². The maximum absolute atomic E-state index is 11.0. The van der Waals surface area contributed by atoms with Crippen LogP contribution in [0.2, 0.25) is 5.02 Å². The summed E-state index contributed by atoms with van der Waals surface area (Å²) < 4.78 is 6.54. The molecule has 0 spiro atoms. The topological polar surface area (TPSA) is 78.4 Å². The van der Waals surface area contributed by atoms with Gasteiger partial charge in [-0.1, -0.05) is 27.5 Å². The van der Waals surface area contributed by atoms with Crippen molar-refractivity contribution in [1.29, 1.82) is 0 Å². The van der Waals surface area contributed by atoms with Gasteiger partial charge in [0.15, 0.2) is 0 Å². The second-order valence-electron chi connectivity index (χ2n) is 4.27. The molecule has 0 unspecified atom stereocenters. The first-order valence-electron chi connectivity index (χ1n) is 6.05. The number of ether oxygens (including phenoxy) is 1. The van der Waals surface area contributed by atoms with E-state index in [1.807, 2.05) is 12.1 Å². The van der Waals surface area contributed by atoms with E-state index in [1.54, 1.807) is 6.07 Å². The van der Waals surface area contributed by atoms with Crippen molar-refractivity contribution in [3.8, 4) is 5.75 Å². The Morgan fingerprint density at radius 2 is 2.00 bits per heavy atom. The predicted molar refractivity (Wildman–Crippen MR) is 84.5 cm³/mol. The SMILES string of the molecule is NCc1cc(Br)ccc1OCc1cc(Cl)ccc1[N+](=O)[O-]. The van der Waals surface area contributed by atoms with Crippen LogP contribution in [0.5, 0.6) is 5.75 Å². The molecular formula is C14H12BrClN2O3. The number of nitro groups is 1. The van der Waals surface area contributed by atoms with E-state index >= 15 is 0 Å². The largest absolute Gasteiger partial charge is 0.488 e. The Labute approximate surface area is 134 Å². The van der Waals surface area contributed by atoms with E-state index in [2.05, 4.69) is 15.9 Å². The summed E-state index contributed by atoms with van der Waals surface area (Å²) in [7, 11) is 0. The van der Waals surface area contributed by atoms with E-state index in [0.717, 1.165) is 10.0 Å². The van der Waals surface area contributed by atoms with Gasteiger partial charge < -0.3 is 10.5 Å². The third kappa shape index (κ3) is 3.93. The molecule has 0 radical (unpaired) electrons. The highest BCUT2D eigenvalue weighted by molar-refractivity contribution is 9.10. The van der Waals surface area contributed by atoms with Gasteiger partial charge in [-0.05, 0) is 30.3 Å². The molecule has 0 saturated heterocycles. The van der Waals surface area contributed by atoms with Gasteiger partial charge in [-0.25, -0.2) is 0 Å².